The third-order valence-electron chi connectivity index (χ3n) is 4.47. The van der Waals surface area contributed by atoms with E-state index in [-0.39, 0.29) is 5.41 Å². The molecule has 112 valence electrons. The van der Waals surface area contributed by atoms with Crippen molar-refractivity contribution in [3.63, 3.8) is 0 Å². The number of nitrogens with zero attached hydrogens (tertiary/aromatic N) is 2. The first-order chi connectivity index (χ1) is 9.72. The highest BCUT2D eigenvalue weighted by Crippen LogP contribution is 2.36. The average Bonchev–Trinajstić information content (AvgIpc) is 2.88. The number of carbonyl (C=O) groups is 1. The van der Waals surface area contributed by atoms with Gasteiger partial charge in [0.25, 0.3) is 0 Å². The first-order valence-corrected chi connectivity index (χ1v) is 7.96. The summed E-state index contributed by atoms with van der Waals surface area (Å²) in [4.78, 5) is 17.2. The molecule has 0 atom stereocenters. The number of piperidine rings is 1. The zero-order chi connectivity index (χ0) is 14.4. The lowest BCUT2D eigenvalue weighted by Gasteiger charge is -2.36. The van der Waals surface area contributed by atoms with Crippen molar-refractivity contribution in [1.29, 1.82) is 0 Å². The summed E-state index contributed by atoms with van der Waals surface area (Å²) in [5.41, 5.74) is -0.108. The quantitative estimate of drug-likeness (QED) is 0.833. The maximum Gasteiger partial charge on any atom is 0.146 e. The number of aryl methyl sites for hydroxylation is 1. The monoisotopic (exact) mass is 277 g/mol. The van der Waals surface area contributed by atoms with Gasteiger partial charge in [0.05, 0.1) is 6.42 Å². The molecule has 0 saturated carbocycles. The van der Waals surface area contributed by atoms with Crippen molar-refractivity contribution in [3.05, 3.63) is 18.2 Å². The Balaban J connectivity index is 2.09. The minimum Gasteiger partial charge on any atom is -0.335 e. The van der Waals surface area contributed by atoms with Crippen LogP contribution >= 0.6 is 0 Å². The van der Waals surface area contributed by atoms with Gasteiger partial charge in [0.15, 0.2) is 0 Å². The second-order valence-electron chi connectivity index (χ2n) is 5.92. The average molecular weight is 277 g/mol. The highest BCUT2D eigenvalue weighted by molar-refractivity contribution is 5.86. The fraction of sp³-hybridized carbons (Fsp3) is 0.750. The van der Waals surface area contributed by atoms with Gasteiger partial charge in [-0.15, -0.1) is 0 Å². The van der Waals surface area contributed by atoms with E-state index in [9.17, 15) is 4.79 Å². The number of rotatable bonds is 7. The van der Waals surface area contributed by atoms with E-state index in [0.29, 0.717) is 12.2 Å². The standard InChI is InChI=1S/C16H27N3O/c1-3-5-16(6-8-17-9-7-16)14(20)13-15-18-10-12-19(15)11-4-2/h10,12,17H,3-9,11,13H2,1-2H3. The summed E-state index contributed by atoms with van der Waals surface area (Å²) < 4.78 is 2.12. The molecule has 0 spiro atoms. The Morgan fingerprint density at radius 3 is 2.75 bits per heavy atom. The smallest absolute Gasteiger partial charge is 0.146 e. The zero-order valence-corrected chi connectivity index (χ0v) is 12.8. The molecule has 1 saturated heterocycles. The lowest BCUT2D eigenvalue weighted by atomic mass is 9.71. The molecule has 0 bridgehead atoms. The topological polar surface area (TPSA) is 46.9 Å². The molecule has 2 rings (SSSR count). The van der Waals surface area contributed by atoms with Crippen molar-refractivity contribution in [3.8, 4) is 0 Å². The van der Waals surface area contributed by atoms with E-state index in [1.165, 1.54) is 0 Å². The van der Waals surface area contributed by atoms with Gasteiger partial charge in [0.1, 0.15) is 11.6 Å². The SMILES string of the molecule is CCCn1ccnc1CC(=O)C1(CCC)CCNCC1. The lowest BCUT2D eigenvalue weighted by Crippen LogP contribution is -2.43. The van der Waals surface area contributed by atoms with Crippen LogP contribution in [-0.2, 0) is 17.8 Å². The Bertz CT molecular complexity index is 427. The molecule has 0 aromatic carbocycles. The second-order valence-corrected chi connectivity index (χ2v) is 5.92. The number of ketones is 1. The van der Waals surface area contributed by atoms with E-state index in [1.807, 2.05) is 12.4 Å². The van der Waals surface area contributed by atoms with Crippen molar-refractivity contribution in [2.45, 2.75) is 58.9 Å². The van der Waals surface area contributed by atoms with Gasteiger partial charge in [-0.1, -0.05) is 20.3 Å². The third kappa shape index (κ3) is 3.29. The van der Waals surface area contributed by atoms with Gasteiger partial charge >= 0.3 is 0 Å². The highest BCUT2D eigenvalue weighted by atomic mass is 16.1. The van der Waals surface area contributed by atoms with Gasteiger partial charge < -0.3 is 9.88 Å². The van der Waals surface area contributed by atoms with Gasteiger partial charge in [-0.25, -0.2) is 4.98 Å². The van der Waals surface area contributed by atoms with Crippen LogP contribution in [0.1, 0.15) is 51.8 Å². The van der Waals surface area contributed by atoms with Crippen LogP contribution in [0.25, 0.3) is 0 Å². The van der Waals surface area contributed by atoms with Crippen LogP contribution in [-0.4, -0.2) is 28.4 Å². The summed E-state index contributed by atoms with van der Waals surface area (Å²) >= 11 is 0. The van der Waals surface area contributed by atoms with E-state index in [2.05, 4.69) is 28.7 Å². The molecule has 2 heterocycles. The van der Waals surface area contributed by atoms with Gasteiger partial charge in [-0.2, -0.15) is 0 Å². The van der Waals surface area contributed by atoms with Crippen LogP contribution in [0.3, 0.4) is 0 Å². The fourth-order valence-corrected chi connectivity index (χ4v) is 3.33. The maximum absolute atomic E-state index is 12.9. The molecule has 4 heteroatoms. The molecule has 1 N–H and O–H groups in total. The summed E-state index contributed by atoms with van der Waals surface area (Å²) in [7, 11) is 0. The second kappa shape index (κ2) is 7.02. The summed E-state index contributed by atoms with van der Waals surface area (Å²) in [6.45, 7) is 7.21. The zero-order valence-electron chi connectivity index (χ0n) is 12.8. The Morgan fingerprint density at radius 2 is 2.10 bits per heavy atom. The lowest BCUT2D eigenvalue weighted by molar-refractivity contribution is -0.130. The molecule has 0 radical (unpaired) electrons. The van der Waals surface area contributed by atoms with Crippen molar-refractivity contribution in [2.24, 2.45) is 5.41 Å². The molecule has 1 aliphatic heterocycles. The molecule has 1 aromatic heterocycles. The number of aromatic nitrogens is 2. The first kappa shape index (κ1) is 15.2. The molecular weight excluding hydrogens is 250 g/mol. The van der Waals surface area contributed by atoms with Gasteiger partial charge in [0.2, 0.25) is 0 Å². The minimum atomic E-state index is -0.108. The molecule has 0 unspecified atom stereocenters. The molecule has 1 fully saturated rings. The number of imidazole rings is 1. The van der Waals surface area contributed by atoms with Crippen molar-refractivity contribution in [1.82, 2.24) is 14.9 Å². The summed E-state index contributed by atoms with van der Waals surface area (Å²) in [6, 6.07) is 0. The predicted molar refractivity (Wildman–Crippen MR) is 80.7 cm³/mol. The van der Waals surface area contributed by atoms with Crippen LogP contribution in [0.5, 0.6) is 0 Å². The Morgan fingerprint density at radius 1 is 1.35 bits per heavy atom. The highest BCUT2D eigenvalue weighted by Gasteiger charge is 2.38. The molecule has 0 amide bonds. The maximum atomic E-state index is 12.9. The van der Waals surface area contributed by atoms with Crippen molar-refractivity contribution < 1.29 is 4.79 Å². The van der Waals surface area contributed by atoms with E-state index in [4.69, 9.17) is 0 Å². The summed E-state index contributed by atoms with van der Waals surface area (Å²) in [5, 5.41) is 3.37. The molecule has 1 aliphatic rings. The van der Waals surface area contributed by atoms with Crippen LogP contribution in [0, 0.1) is 5.41 Å². The number of Topliss-reactive ketones (excluding diaryl/α,β-unsaturated/α-hetero) is 1. The van der Waals surface area contributed by atoms with Crippen LogP contribution in [0.15, 0.2) is 12.4 Å². The number of hydrogen-bond donors (Lipinski definition) is 1. The normalized spacial score (nSPS) is 18.1. The van der Waals surface area contributed by atoms with E-state index >= 15 is 0 Å². The van der Waals surface area contributed by atoms with Crippen LogP contribution in [0.2, 0.25) is 0 Å². The minimum absolute atomic E-state index is 0.108. The van der Waals surface area contributed by atoms with Gasteiger partial charge in [-0.3, -0.25) is 4.79 Å². The van der Waals surface area contributed by atoms with Crippen molar-refractivity contribution >= 4 is 5.78 Å². The third-order valence-corrected chi connectivity index (χ3v) is 4.47. The molecule has 4 nitrogen and oxygen atoms in total. The summed E-state index contributed by atoms with van der Waals surface area (Å²) in [6.07, 6.45) is 9.42. The number of hydrogen-bond acceptors (Lipinski definition) is 3. The van der Waals surface area contributed by atoms with Gasteiger partial charge in [-0.05, 0) is 38.8 Å². The number of nitrogens with one attached hydrogen (secondary N) is 1. The molecule has 20 heavy (non-hydrogen) atoms. The largest absolute Gasteiger partial charge is 0.335 e. The van der Waals surface area contributed by atoms with Gasteiger partial charge in [0, 0.05) is 24.4 Å². The molecule has 0 aliphatic carbocycles. The first-order valence-electron chi connectivity index (χ1n) is 7.96. The Hall–Kier alpha value is -1.16. The Labute approximate surface area is 122 Å². The Kier molecular flexibility index (Phi) is 5.35. The van der Waals surface area contributed by atoms with Crippen molar-refractivity contribution in [2.75, 3.05) is 13.1 Å². The van der Waals surface area contributed by atoms with E-state index < -0.39 is 0 Å². The van der Waals surface area contributed by atoms with E-state index in [1.54, 1.807) is 0 Å². The predicted octanol–water partition coefficient (Wildman–Crippen LogP) is 2.57. The van der Waals surface area contributed by atoms with E-state index in [0.717, 1.165) is 57.6 Å². The van der Waals surface area contributed by atoms with Crippen LogP contribution in [0.4, 0.5) is 0 Å². The van der Waals surface area contributed by atoms with Crippen LogP contribution < -0.4 is 5.32 Å². The summed E-state index contributed by atoms with van der Waals surface area (Å²) in [5.74, 6) is 1.33. The molecular formula is C16H27N3O. The fourth-order valence-electron chi connectivity index (χ4n) is 3.33. The number of carbonyl (C=O) groups excluding carboxylic acids is 1. The molecule has 1 aromatic rings.